The van der Waals surface area contributed by atoms with Crippen molar-refractivity contribution in [2.75, 3.05) is 17.3 Å². The van der Waals surface area contributed by atoms with Crippen molar-refractivity contribution in [2.24, 2.45) is 0 Å². The van der Waals surface area contributed by atoms with Crippen molar-refractivity contribution >= 4 is 43.8 Å². The molecule has 0 aliphatic heterocycles. The summed E-state index contributed by atoms with van der Waals surface area (Å²) in [6.45, 7) is 0. The number of amides is 1. The van der Waals surface area contributed by atoms with Crippen LogP contribution < -0.4 is 5.32 Å². The summed E-state index contributed by atoms with van der Waals surface area (Å²) in [6.07, 6.45) is 1.06. The van der Waals surface area contributed by atoms with Crippen LogP contribution in [-0.4, -0.2) is 36.3 Å². The van der Waals surface area contributed by atoms with Crippen LogP contribution in [0.25, 0.3) is 21.7 Å². The topological polar surface area (TPSA) is 91.9 Å². The van der Waals surface area contributed by atoms with Crippen molar-refractivity contribution < 1.29 is 13.2 Å². The number of anilines is 1. The number of nitrogens with one attached hydrogen (secondary N) is 2. The number of carbonyl (C=O) groups excluding carboxylic acids is 1. The molecule has 120 valence electrons. The lowest BCUT2D eigenvalue weighted by Crippen LogP contribution is -2.16. The molecule has 1 amide bonds. The van der Waals surface area contributed by atoms with E-state index in [4.69, 9.17) is 0 Å². The fourth-order valence-electron chi connectivity index (χ4n) is 2.12. The van der Waals surface area contributed by atoms with Crippen LogP contribution in [0.2, 0.25) is 0 Å². The standard InChI is InChI=1S/C15H15N3O3S2/c1-23(20,21)8-6-14(19)16-10-4-5-11-12(9-10)18-15(17-11)13-3-2-7-22-13/h2-5,7,9H,6,8H2,1H3,(H,16,19)(H,17,18). The second-order valence-electron chi connectivity index (χ2n) is 5.22. The second-order valence-corrected chi connectivity index (χ2v) is 8.43. The Morgan fingerprint density at radius 2 is 2.17 bits per heavy atom. The van der Waals surface area contributed by atoms with Gasteiger partial charge in [-0.2, -0.15) is 0 Å². The molecule has 8 heteroatoms. The van der Waals surface area contributed by atoms with E-state index < -0.39 is 9.84 Å². The van der Waals surface area contributed by atoms with Crippen LogP contribution in [0.3, 0.4) is 0 Å². The highest BCUT2D eigenvalue weighted by atomic mass is 32.2. The summed E-state index contributed by atoms with van der Waals surface area (Å²) in [7, 11) is -3.14. The SMILES string of the molecule is CS(=O)(=O)CCC(=O)Nc1ccc2nc(-c3cccs3)[nH]c2c1. The molecule has 2 N–H and O–H groups in total. The Morgan fingerprint density at radius 3 is 2.87 bits per heavy atom. The Labute approximate surface area is 137 Å². The lowest BCUT2D eigenvalue weighted by atomic mass is 10.2. The van der Waals surface area contributed by atoms with Gasteiger partial charge in [-0.1, -0.05) is 6.07 Å². The molecular weight excluding hydrogens is 334 g/mol. The fraction of sp³-hybridized carbons (Fsp3) is 0.200. The minimum Gasteiger partial charge on any atom is -0.337 e. The zero-order valence-electron chi connectivity index (χ0n) is 12.4. The fourth-order valence-corrected chi connectivity index (χ4v) is 3.34. The van der Waals surface area contributed by atoms with Crippen LogP contribution in [0.4, 0.5) is 5.69 Å². The number of benzene rings is 1. The molecule has 0 bridgehead atoms. The number of aromatic amines is 1. The highest BCUT2D eigenvalue weighted by Crippen LogP contribution is 2.25. The highest BCUT2D eigenvalue weighted by Gasteiger charge is 2.10. The van der Waals surface area contributed by atoms with Crippen molar-refractivity contribution in [1.82, 2.24) is 9.97 Å². The summed E-state index contributed by atoms with van der Waals surface area (Å²) in [5.74, 6) is 0.302. The summed E-state index contributed by atoms with van der Waals surface area (Å²) in [6, 6.07) is 9.30. The van der Waals surface area contributed by atoms with Crippen LogP contribution in [0.15, 0.2) is 35.7 Å². The van der Waals surface area contributed by atoms with Gasteiger partial charge in [0, 0.05) is 18.4 Å². The van der Waals surface area contributed by atoms with Gasteiger partial charge >= 0.3 is 0 Å². The molecule has 0 radical (unpaired) electrons. The molecule has 0 fully saturated rings. The number of fused-ring (bicyclic) bond motifs is 1. The molecule has 0 aliphatic rings. The predicted octanol–water partition coefficient (Wildman–Crippen LogP) is 2.66. The van der Waals surface area contributed by atoms with Gasteiger partial charge < -0.3 is 10.3 Å². The average Bonchev–Trinajstić information content (AvgIpc) is 3.12. The molecule has 23 heavy (non-hydrogen) atoms. The first kappa shape index (κ1) is 15.7. The number of hydrogen-bond acceptors (Lipinski definition) is 5. The number of carbonyl (C=O) groups is 1. The number of rotatable bonds is 5. The molecule has 1 aromatic carbocycles. The number of sulfone groups is 1. The first-order chi connectivity index (χ1) is 10.9. The van der Waals surface area contributed by atoms with Gasteiger partial charge in [-0.15, -0.1) is 11.3 Å². The third kappa shape index (κ3) is 3.96. The molecule has 0 unspecified atom stereocenters. The van der Waals surface area contributed by atoms with Gasteiger partial charge in [-0.3, -0.25) is 4.79 Å². The Bertz CT molecular complexity index is 944. The smallest absolute Gasteiger partial charge is 0.225 e. The van der Waals surface area contributed by atoms with Crippen molar-refractivity contribution in [3.05, 3.63) is 35.7 Å². The van der Waals surface area contributed by atoms with E-state index in [1.165, 1.54) is 0 Å². The van der Waals surface area contributed by atoms with Crippen LogP contribution in [0.5, 0.6) is 0 Å². The Kier molecular flexibility index (Phi) is 4.18. The van der Waals surface area contributed by atoms with Crippen LogP contribution in [-0.2, 0) is 14.6 Å². The molecule has 2 aromatic heterocycles. The average molecular weight is 349 g/mol. The maximum atomic E-state index is 11.8. The van der Waals surface area contributed by atoms with Gasteiger partial charge in [0.05, 0.1) is 21.7 Å². The van der Waals surface area contributed by atoms with Gasteiger partial charge in [0.25, 0.3) is 0 Å². The number of imidazole rings is 1. The summed E-state index contributed by atoms with van der Waals surface area (Å²) in [5.41, 5.74) is 2.23. The zero-order valence-corrected chi connectivity index (χ0v) is 14.0. The molecule has 0 saturated heterocycles. The third-order valence-electron chi connectivity index (χ3n) is 3.22. The maximum Gasteiger partial charge on any atom is 0.225 e. The van der Waals surface area contributed by atoms with E-state index in [0.717, 1.165) is 28.0 Å². The van der Waals surface area contributed by atoms with Gasteiger partial charge in [-0.25, -0.2) is 13.4 Å². The monoisotopic (exact) mass is 349 g/mol. The first-order valence-electron chi connectivity index (χ1n) is 6.92. The van der Waals surface area contributed by atoms with Gasteiger partial charge in [0.1, 0.15) is 15.7 Å². The van der Waals surface area contributed by atoms with Crippen molar-refractivity contribution in [1.29, 1.82) is 0 Å². The van der Waals surface area contributed by atoms with E-state index >= 15 is 0 Å². The number of hydrogen-bond donors (Lipinski definition) is 2. The van der Waals surface area contributed by atoms with E-state index in [1.807, 2.05) is 23.6 Å². The van der Waals surface area contributed by atoms with Gasteiger partial charge in [0.15, 0.2) is 0 Å². The van der Waals surface area contributed by atoms with Gasteiger partial charge in [-0.05, 0) is 29.6 Å². The summed E-state index contributed by atoms with van der Waals surface area (Å²) in [5, 5.41) is 4.68. The number of nitrogens with zero attached hydrogens (tertiary/aromatic N) is 1. The molecule has 6 nitrogen and oxygen atoms in total. The summed E-state index contributed by atoms with van der Waals surface area (Å²) < 4.78 is 22.2. The second kappa shape index (κ2) is 6.13. The summed E-state index contributed by atoms with van der Waals surface area (Å²) >= 11 is 1.59. The summed E-state index contributed by atoms with van der Waals surface area (Å²) in [4.78, 5) is 20.6. The van der Waals surface area contributed by atoms with Crippen molar-refractivity contribution in [3.63, 3.8) is 0 Å². The highest BCUT2D eigenvalue weighted by molar-refractivity contribution is 7.90. The van der Waals surface area contributed by atoms with E-state index in [-0.39, 0.29) is 18.1 Å². The predicted molar refractivity (Wildman–Crippen MR) is 92.4 cm³/mol. The number of aromatic nitrogens is 2. The van der Waals surface area contributed by atoms with E-state index in [0.29, 0.717) is 5.69 Å². The van der Waals surface area contributed by atoms with E-state index in [9.17, 15) is 13.2 Å². The number of H-pyrrole nitrogens is 1. The van der Waals surface area contributed by atoms with Crippen LogP contribution in [0, 0.1) is 0 Å². The zero-order chi connectivity index (χ0) is 16.4. The largest absolute Gasteiger partial charge is 0.337 e. The van der Waals surface area contributed by atoms with E-state index in [1.54, 1.807) is 23.5 Å². The third-order valence-corrected chi connectivity index (χ3v) is 5.04. The number of thiophene rings is 1. The Balaban J connectivity index is 1.76. The van der Waals surface area contributed by atoms with Crippen molar-refractivity contribution in [2.45, 2.75) is 6.42 Å². The van der Waals surface area contributed by atoms with Crippen LogP contribution >= 0.6 is 11.3 Å². The molecular formula is C15H15N3O3S2. The molecule has 0 aliphatic carbocycles. The molecule has 0 spiro atoms. The molecule has 2 heterocycles. The normalized spacial score (nSPS) is 11.7. The quantitative estimate of drug-likeness (QED) is 0.741. The van der Waals surface area contributed by atoms with Gasteiger partial charge in [0.2, 0.25) is 5.91 Å². The minimum absolute atomic E-state index is 0.0553. The molecule has 3 aromatic rings. The van der Waals surface area contributed by atoms with Crippen molar-refractivity contribution in [3.8, 4) is 10.7 Å². The lowest BCUT2D eigenvalue weighted by molar-refractivity contribution is -0.115. The minimum atomic E-state index is -3.14. The van der Waals surface area contributed by atoms with Crippen LogP contribution in [0.1, 0.15) is 6.42 Å². The molecule has 3 rings (SSSR count). The molecule has 0 saturated carbocycles. The maximum absolute atomic E-state index is 11.8. The van der Waals surface area contributed by atoms with E-state index in [2.05, 4.69) is 15.3 Å². The first-order valence-corrected chi connectivity index (χ1v) is 9.86. The lowest BCUT2D eigenvalue weighted by Gasteiger charge is -2.04. The Morgan fingerprint density at radius 1 is 1.35 bits per heavy atom. The molecule has 0 atom stereocenters. The Hall–Kier alpha value is -2.19.